The summed E-state index contributed by atoms with van der Waals surface area (Å²) in [4.78, 5) is 12.9. The second-order valence-corrected chi connectivity index (χ2v) is 5.69. The van der Waals surface area contributed by atoms with Crippen LogP contribution in [0.15, 0.2) is 36.7 Å². The van der Waals surface area contributed by atoms with E-state index in [2.05, 4.69) is 34.1 Å². The van der Waals surface area contributed by atoms with E-state index >= 15 is 0 Å². The van der Waals surface area contributed by atoms with Gasteiger partial charge in [-0.15, -0.1) is 0 Å². The van der Waals surface area contributed by atoms with E-state index in [4.69, 9.17) is 16.3 Å². The van der Waals surface area contributed by atoms with Crippen molar-refractivity contribution in [2.75, 3.05) is 18.5 Å². The number of ether oxygens (including phenoxy) is 1. The number of nitrogens with zero attached hydrogens (tertiary/aromatic N) is 4. The lowest BCUT2D eigenvalue weighted by Gasteiger charge is -2.10. The molecule has 0 saturated heterocycles. The number of halogens is 1. The fraction of sp³-hybridized carbons (Fsp3) is 0.312. The third-order valence-corrected chi connectivity index (χ3v) is 3.53. The van der Waals surface area contributed by atoms with E-state index in [1.54, 1.807) is 6.33 Å². The molecule has 0 aliphatic carbocycles. The summed E-state index contributed by atoms with van der Waals surface area (Å²) in [7, 11) is 0. The Bertz CT molecular complexity index is 788. The third-order valence-electron chi connectivity index (χ3n) is 3.36. The van der Waals surface area contributed by atoms with Crippen molar-refractivity contribution in [2.24, 2.45) is 0 Å². The van der Waals surface area contributed by atoms with E-state index in [1.165, 1.54) is 0 Å². The Hall–Kier alpha value is -2.34. The van der Waals surface area contributed by atoms with Gasteiger partial charge in [0.2, 0.25) is 5.28 Å². The molecule has 0 fully saturated rings. The van der Waals surface area contributed by atoms with Crippen molar-refractivity contribution in [3.05, 3.63) is 41.9 Å². The summed E-state index contributed by atoms with van der Waals surface area (Å²) in [5.41, 5.74) is 1.44. The Morgan fingerprint density at radius 1 is 1.22 bits per heavy atom. The molecule has 0 saturated carbocycles. The molecule has 2 aromatic heterocycles. The van der Waals surface area contributed by atoms with Gasteiger partial charge in [0.25, 0.3) is 0 Å². The van der Waals surface area contributed by atoms with E-state index in [1.807, 2.05) is 34.9 Å². The molecule has 120 valence electrons. The molecule has 3 rings (SSSR count). The van der Waals surface area contributed by atoms with E-state index in [0.29, 0.717) is 24.5 Å². The molecule has 0 aliphatic heterocycles. The van der Waals surface area contributed by atoms with Crippen molar-refractivity contribution in [3.8, 4) is 5.75 Å². The van der Waals surface area contributed by atoms with Crippen LogP contribution >= 0.6 is 11.6 Å². The first-order valence-electron chi connectivity index (χ1n) is 7.47. The fourth-order valence-corrected chi connectivity index (χ4v) is 2.41. The van der Waals surface area contributed by atoms with Crippen LogP contribution in [0.25, 0.3) is 11.2 Å². The first-order chi connectivity index (χ1) is 11.1. The van der Waals surface area contributed by atoms with Gasteiger partial charge >= 0.3 is 0 Å². The van der Waals surface area contributed by atoms with Gasteiger partial charge in [0.1, 0.15) is 12.4 Å². The summed E-state index contributed by atoms with van der Waals surface area (Å²) in [6, 6.07) is 9.92. The first-order valence-corrected chi connectivity index (χ1v) is 7.84. The lowest BCUT2D eigenvalue weighted by molar-refractivity contribution is 0.333. The zero-order valence-electron chi connectivity index (χ0n) is 13.0. The van der Waals surface area contributed by atoms with Crippen LogP contribution in [0.4, 0.5) is 5.82 Å². The molecule has 0 bridgehead atoms. The number of nitrogens with one attached hydrogen (secondary N) is 1. The van der Waals surface area contributed by atoms with E-state index in [9.17, 15) is 0 Å². The lowest BCUT2D eigenvalue weighted by atomic mass is 10.3. The summed E-state index contributed by atoms with van der Waals surface area (Å²) in [6.07, 6.45) is 1.76. The number of fused-ring (bicyclic) bond motifs is 1. The van der Waals surface area contributed by atoms with Gasteiger partial charge in [-0.25, -0.2) is 4.98 Å². The molecular weight excluding hydrogens is 314 g/mol. The monoisotopic (exact) mass is 331 g/mol. The number of anilines is 1. The largest absolute Gasteiger partial charge is 0.492 e. The molecule has 0 atom stereocenters. The van der Waals surface area contributed by atoms with Crippen LogP contribution in [-0.2, 0) is 0 Å². The zero-order chi connectivity index (χ0) is 16.2. The molecule has 0 amide bonds. The zero-order valence-corrected chi connectivity index (χ0v) is 13.8. The lowest BCUT2D eigenvalue weighted by Crippen LogP contribution is -2.13. The number of benzene rings is 1. The third kappa shape index (κ3) is 3.53. The number of hydrogen-bond acceptors (Lipinski definition) is 5. The second kappa shape index (κ2) is 6.83. The van der Waals surface area contributed by atoms with Crippen molar-refractivity contribution in [3.63, 3.8) is 0 Å². The minimum absolute atomic E-state index is 0.200. The molecule has 1 aromatic carbocycles. The van der Waals surface area contributed by atoms with Crippen molar-refractivity contribution in [1.29, 1.82) is 0 Å². The molecule has 23 heavy (non-hydrogen) atoms. The van der Waals surface area contributed by atoms with Gasteiger partial charge in [-0.3, -0.25) is 0 Å². The van der Waals surface area contributed by atoms with Gasteiger partial charge in [0.05, 0.1) is 12.9 Å². The quantitative estimate of drug-likeness (QED) is 0.552. The highest BCUT2D eigenvalue weighted by molar-refractivity contribution is 6.28. The second-order valence-electron chi connectivity index (χ2n) is 5.35. The van der Waals surface area contributed by atoms with E-state index in [0.717, 1.165) is 11.4 Å². The highest BCUT2D eigenvalue weighted by Crippen LogP contribution is 2.23. The van der Waals surface area contributed by atoms with Gasteiger partial charge in [0, 0.05) is 6.04 Å². The molecule has 2 heterocycles. The normalized spacial score (nSPS) is 11.1. The summed E-state index contributed by atoms with van der Waals surface area (Å²) in [5, 5.41) is 3.41. The molecule has 1 N–H and O–H groups in total. The van der Waals surface area contributed by atoms with E-state index < -0.39 is 0 Å². The molecule has 3 aromatic rings. The number of imidazole rings is 1. The molecule has 7 heteroatoms. The van der Waals surface area contributed by atoms with E-state index in [-0.39, 0.29) is 11.3 Å². The molecular formula is C16H18ClN5O. The van der Waals surface area contributed by atoms with Crippen LogP contribution in [0.5, 0.6) is 5.75 Å². The number of rotatable bonds is 6. The summed E-state index contributed by atoms with van der Waals surface area (Å²) >= 11 is 6.03. The average Bonchev–Trinajstić information content (AvgIpc) is 2.96. The predicted octanol–water partition coefficient (Wildman–Crippen LogP) is 3.55. The van der Waals surface area contributed by atoms with Gasteiger partial charge in [-0.05, 0) is 37.6 Å². The Labute approximate surface area is 139 Å². The van der Waals surface area contributed by atoms with Crippen LogP contribution in [0.3, 0.4) is 0 Å². The van der Waals surface area contributed by atoms with Gasteiger partial charge in [-0.2, -0.15) is 9.97 Å². The maximum absolute atomic E-state index is 6.03. The van der Waals surface area contributed by atoms with Crippen LogP contribution in [0.1, 0.15) is 19.9 Å². The Morgan fingerprint density at radius 3 is 2.74 bits per heavy atom. The maximum atomic E-state index is 6.03. The number of aromatic nitrogens is 4. The highest BCUT2D eigenvalue weighted by atomic mass is 35.5. The Morgan fingerprint density at radius 2 is 2.00 bits per heavy atom. The number of hydrogen-bond donors (Lipinski definition) is 1. The smallest absolute Gasteiger partial charge is 0.226 e. The van der Waals surface area contributed by atoms with Crippen molar-refractivity contribution < 1.29 is 4.74 Å². The van der Waals surface area contributed by atoms with Crippen molar-refractivity contribution in [2.45, 2.75) is 19.9 Å². The molecule has 0 aliphatic rings. The first kappa shape index (κ1) is 15.6. The van der Waals surface area contributed by atoms with Crippen LogP contribution in [-0.4, -0.2) is 32.7 Å². The minimum Gasteiger partial charge on any atom is -0.492 e. The van der Waals surface area contributed by atoms with Gasteiger partial charge < -0.3 is 14.6 Å². The van der Waals surface area contributed by atoms with Crippen LogP contribution in [0, 0.1) is 0 Å². The Balaban J connectivity index is 1.70. The van der Waals surface area contributed by atoms with Gasteiger partial charge in [-0.1, -0.05) is 18.2 Å². The molecule has 6 nitrogen and oxygen atoms in total. The predicted molar refractivity (Wildman–Crippen MR) is 91.1 cm³/mol. The van der Waals surface area contributed by atoms with Crippen molar-refractivity contribution >= 4 is 28.6 Å². The topological polar surface area (TPSA) is 64.9 Å². The summed E-state index contributed by atoms with van der Waals surface area (Å²) < 4.78 is 7.62. The standard InChI is InChI=1S/C16H18ClN5O/c1-11(2)22-10-19-13-14(20-16(17)21-15(13)22)18-8-9-23-12-6-4-3-5-7-12/h3-7,10-11H,8-9H2,1-2H3,(H,18,20,21). The minimum atomic E-state index is 0.200. The van der Waals surface area contributed by atoms with Crippen LogP contribution in [0.2, 0.25) is 5.28 Å². The average molecular weight is 332 g/mol. The summed E-state index contributed by atoms with van der Waals surface area (Å²) in [6.45, 7) is 5.24. The highest BCUT2D eigenvalue weighted by Gasteiger charge is 2.13. The SMILES string of the molecule is CC(C)n1cnc2c(NCCOc3ccccc3)nc(Cl)nc21. The molecule has 0 unspecified atom stereocenters. The van der Waals surface area contributed by atoms with Crippen molar-refractivity contribution in [1.82, 2.24) is 19.5 Å². The number of para-hydroxylation sites is 1. The Kier molecular flexibility index (Phi) is 4.62. The summed E-state index contributed by atoms with van der Waals surface area (Å²) in [5.74, 6) is 1.46. The molecule has 0 spiro atoms. The van der Waals surface area contributed by atoms with Gasteiger partial charge in [0.15, 0.2) is 17.0 Å². The fourth-order valence-electron chi connectivity index (χ4n) is 2.25. The maximum Gasteiger partial charge on any atom is 0.226 e. The molecule has 0 radical (unpaired) electrons. The van der Waals surface area contributed by atoms with Crippen LogP contribution < -0.4 is 10.1 Å².